The number of aromatic amines is 1. The summed E-state index contributed by atoms with van der Waals surface area (Å²) in [5.74, 6) is -0.832. The molecule has 3 aromatic rings. The van der Waals surface area contributed by atoms with Crippen molar-refractivity contribution in [2.24, 2.45) is 0 Å². The van der Waals surface area contributed by atoms with Crippen molar-refractivity contribution in [3.05, 3.63) is 62.3 Å². The number of H-pyrrole nitrogens is 1. The van der Waals surface area contributed by atoms with Gasteiger partial charge in [-0.2, -0.15) is 0 Å². The smallest absolute Gasteiger partial charge is 0.328 e. The summed E-state index contributed by atoms with van der Waals surface area (Å²) in [6.07, 6.45) is -0.250. The fourth-order valence-corrected chi connectivity index (χ4v) is 4.83. The average molecular weight is 390 g/mol. The monoisotopic (exact) mass is 390 g/mol. The number of halogens is 2. The average Bonchev–Trinajstić information content (AvgIpc) is 2.81. The number of methoxy groups -OCH3 is 1. The maximum Gasteiger partial charge on any atom is 0.328 e. The summed E-state index contributed by atoms with van der Waals surface area (Å²) >= 11 is 1.40. The largest absolute Gasteiger partial charge is 0.379 e. The molecule has 0 aliphatic carbocycles. The molecule has 0 spiro atoms. The molecule has 0 fully saturated rings. The van der Waals surface area contributed by atoms with Gasteiger partial charge in [-0.1, -0.05) is 0 Å². The molecule has 0 saturated carbocycles. The minimum absolute atomic E-state index is 0.230. The van der Waals surface area contributed by atoms with Crippen molar-refractivity contribution < 1.29 is 13.5 Å². The van der Waals surface area contributed by atoms with Crippen LogP contribution in [0.15, 0.2) is 38.8 Å². The predicted octanol–water partition coefficient (Wildman–Crippen LogP) is 3.06. The Bertz CT molecular complexity index is 1190. The van der Waals surface area contributed by atoms with Crippen molar-refractivity contribution in [3.8, 4) is 11.1 Å². The van der Waals surface area contributed by atoms with E-state index >= 15 is 0 Å². The van der Waals surface area contributed by atoms with Crippen LogP contribution in [0.3, 0.4) is 0 Å². The number of aromatic nitrogens is 2. The molecule has 4 rings (SSSR count). The van der Waals surface area contributed by atoms with E-state index in [0.717, 1.165) is 6.07 Å². The summed E-state index contributed by atoms with van der Waals surface area (Å²) in [6, 6.07) is 5.04. The van der Waals surface area contributed by atoms with E-state index in [0.29, 0.717) is 32.7 Å². The summed E-state index contributed by atoms with van der Waals surface area (Å²) < 4.78 is 34.8. The van der Waals surface area contributed by atoms with Gasteiger partial charge in [-0.3, -0.25) is 14.3 Å². The van der Waals surface area contributed by atoms with Crippen LogP contribution >= 0.6 is 11.8 Å². The molecule has 0 radical (unpaired) electrons. The molecule has 27 heavy (non-hydrogen) atoms. The lowest BCUT2D eigenvalue weighted by Crippen LogP contribution is -2.34. The van der Waals surface area contributed by atoms with Crippen LogP contribution in [0, 0.1) is 18.6 Å². The van der Waals surface area contributed by atoms with Gasteiger partial charge in [0.25, 0.3) is 5.56 Å². The molecule has 2 heterocycles. The van der Waals surface area contributed by atoms with Gasteiger partial charge in [0.1, 0.15) is 11.6 Å². The van der Waals surface area contributed by atoms with Crippen molar-refractivity contribution in [2.75, 3.05) is 12.9 Å². The Kier molecular flexibility index (Phi) is 4.39. The zero-order chi connectivity index (χ0) is 19.3. The van der Waals surface area contributed by atoms with E-state index in [-0.39, 0.29) is 18.2 Å². The number of rotatable bonds is 2. The minimum Gasteiger partial charge on any atom is -0.379 e. The lowest BCUT2D eigenvalue weighted by atomic mass is 9.97. The molecule has 0 amide bonds. The Morgan fingerprint density at radius 3 is 2.74 bits per heavy atom. The van der Waals surface area contributed by atoms with Crippen LogP contribution in [-0.4, -0.2) is 28.5 Å². The van der Waals surface area contributed by atoms with Gasteiger partial charge in [0.05, 0.1) is 23.6 Å². The number of ether oxygens (including phenoxy) is 1. The first-order valence-electron chi connectivity index (χ1n) is 8.32. The molecule has 0 unspecified atom stereocenters. The van der Waals surface area contributed by atoms with Gasteiger partial charge in [0.15, 0.2) is 0 Å². The van der Waals surface area contributed by atoms with Crippen LogP contribution in [0.1, 0.15) is 5.56 Å². The van der Waals surface area contributed by atoms with Gasteiger partial charge in [-0.25, -0.2) is 13.6 Å². The van der Waals surface area contributed by atoms with E-state index in [2.05, 4.69) is 4.98 Å². The topological polar surface area (TPSA) is 64.1 Å². The van der Waals surface area contributed by atoms with Gasteiger partial charge >= 0.3 is 5.69 Å². The van der Waals surface area contributed by atoms with E-state index < -0.39 is 22.9 Å². The molecule has 0 bridgehead atoms. The normalized spacial score (nSPS) is 16.5. The van der Waals surface area contributed by atoms with Gasteiger partial charge in [0, 0.05) is 35.0 Å². The molecule has 2 aromatic carbocycles. The second-order valence-corrected chi connectivity index (χ2v) is 7.49. The lowest BCUT2D eigenvalue weighted by molar-refractivity contribution is 0.107. The van der Waals surface area contributed by atoms with Gasteiger partial charge in [0.2, 0.25) is 0 Å². The highest BCUT2D eigenvalue weighted by Crippen LogP contribution is 2.41. The van der Waals surface area contributed by atoms with Crippen LogP contribution in [0.5, 0.6) is 0 Å². The lowest BCUT2D eigenvalue weighted by Gasteiger charge is -2.16. The Labute approximate surface area is 157 Å². The fourth-order valence-electron chi connectivity index (χ4n) is 3.47. The highest BCUT2D eigenvalue weighted by molar-refractivity contribution is 7.99. The third-order valence-corrected chi connectivity index (χ3v) is 5.99. The van der Waals surface area contributed by atoms with Crippen LogP contribution in [0.2, 0.25) is 0 Å². The molecular formula is C19H16F2N2O3S. The quantitative estimate of drug-likeness (QED) is 0.731. The summed E-state index contributed by atoms with van der Waals surface area (Å²) in [4.78, 5) is 27.8. The third kappa shape index (κ3) is 2.89. The van der Waals surface area contributed by atoms with E-state index in [1.54, 1.807) is 20.1 Å². The number of nitrogens with one attached hydrogen (secondary N) is 1. The second-order valence-electron chi connectivity index (χ2n) is 6.46. The Balaban J connectivity index is 2.15. The van der Waals surface area contributed by atoms with Gasteiger partial charge < -0.3 is 4.74 Å². The molecule has 140 valence electrons. The summed E-state index contributed by atoms with van der Waals surface area (Å²) in [5, 5.41) is 0.359. The number of aryl methyl sites for hydroxylation is 1. The summed E-state index contributed by atoms with van der Waals surface area (Å²) in [7, 11) is 1.56. The SMILES string of the molecule is CO[C@@H]1CSc2c(-c3ccc(F)cc3F)c(C)cc3c(=O)[nH]c(=O)n(c23)C1. The third-order valence-electron chi connectivity index (χ3n) is 4.77. The predicted molar refractivity (Wildman–Crippen MR) is 100 cm³/mol. The first-order valence-corrected chi connectivity index (χ1v) is 9.30. The summed E-state index contributed by atoms with van der Waals surface area (Å²) in [5.41, 5.74) is 0.888. The van der Waals surface area contributed by atoms with Crippen LogP contribution in [0.4, 0.5) is 8.78 Å². The van der Waals surface area contributed by atoms with Crippen molar-refractivity contribution in [3.63, 3.8) is 0 Å². The standard InChI is InChI=1S/C19H16F2N2O3S/c1-9-5-13-16-17(15(9)12-4-3-10(20)6-14(12)21)27-8-11(26-2)7-23(16)19(25)22-18(13)24/h3-6,11H,7-8H2,1-2H3,(H,22,24,25)/t11-/m0/s1. The molecule has 1 N–H and O–H groups in total. The van der Waals surface area contributed by atoms with Crippen LogP contribution in [-0.2, 0) is 11.3 Å². The number of thioether (sulfide) groups is 1. The van der Waals surface area contributed by atoms with E-state index in [9.17, 15) is 18.4 Å². The molecule has 1 aliphatic rings. The zero-order valence-corrected chi connectivity index (χ0v) is 15.5. The first-order chi connectivity index (χ1) is 12.9. The zero-order valence-electron chi connectivity index (χ0n) is 14.6. The highest BCUT2D eigenvalue weighted by Gasteiger charge is 2.26. The molecule has 1 aliphatic heterocycles. The minimum atomic E-state index is -0.694. The number of hydrogen-bond donors (Lipinski definition) is 1. The number of nitrogens with zero attached hydrogens (tertiary/aromatic N) is 1. The molecular weight excluding hydrogens is 374 g/mol. The van der Waals surface area contributed by atoms with Crippen molar-refractivity contribution in [1.82, 2.24) is 9.55 Å². The highest BCUT2D eigenvalue weighted by atomic mass is 32.2. The summed E-state index contributed by atoms with van der Waals surface area (Å²) in [6.45, 7) is 2.04. The fraction of sp³-hybridized carbons (Fsp3) is 0.263. The second kappa shape index (κ2) is 6.61. The van der Waals surface area contributed by atoms with Crippen molar-refractivity contribution >= 4 is 22.7 Å². The van der Waals surface area contributed by atoms with E-state index in [1.165, 1.54) is 28.5 Å². The van der Waals surface area contributed by atoms with Crippen molar-refractivity contribution in [2.45, 2.75) is 24.5 Å². The first kappa shape index (κ1) is 17.9. The molecule has 8 heteroatoms. The van der Waals surface area contributed by atoms with E-state index in [4.69, 9.17) is 4.74 Å². The Morgan fingerprint density at radius 1 is 1.26 bits per heavy atom. The Morgan fingerprint density at radius 2 is 2.04 bits per heavy atom. The van der Waals surface area contributed by atoms with Gasteiger partial charge in [-0.05, 0) is 30.7 Å². The molecule has 1 aromatic heterocycles. The number of benzene rings is 2. The molecule has 1 atom stereocenters. The van der Waals surface area contributed by atoms with Crippen LogP contribution in [0.25, 0.3) is 22.0 Å². The number of hydrogen-bond acceptors (Lipinski definition) is 4. The maximum atomic E-state index is 14.5. The van der Waals surface area contributed by atoms with E-state index in [1.807, 2.05) is 0 Å². The van der Waals surface area contributed by atoms with Crippen molar-refractivity contribution in [1.29, 1.82) is 0 Å². The maximum absolute atomic E-state index is 14.5. The Hall–Kier alpha value is -2.45. The van der Waals surface area contributed by atoms with Crippen LogP contribution < -0.4 is 11.2 Å². The molecule has 5 nitrogen and oxygen atoms in total. The molecule has 0 saturated heterocycles. The van der Waals surface area contributed by atoms with Gasteiger partial charge in [-0.15, -0.1) is 11.8 Å².